The van der Waals surface area contributed by atoms with E-state index < -0.39 is 4.92 Å². The Labute approximate surface area is 160 Å². The lowest BCUT2D eigenvalue weighted by Crippen LogP contribution is -2.14. The number of benzene rings is 2. The van der Waals surface area contributed by atoms with Gasteiger partial charge in [-0.2, -0.15) is 0 Å². The van der Waals surface area contributed by atoms with Crippen LogP contribution >= 0.6 is 11.8 Å². The first-order chi connectivity index (χ1) is 13.1. The Morgan fingerprint density at radius 2 is 2.00 bits per heavy atom. The molecule has 0 unspecified atom stereocenters. The van der Waals surface area contributed by atoms with E-state index in [9.17, 15) is 14.9 Å². The van der Waals surface area contributed by atoms with Crippen molar-refractivity contribution in [3.05, 3.63) is 46.5 Å². The lowest BCUT2D eigenvalue weighted by molar-refractivity contribution is -0.384. The van der Waals surface area contributed by atoms with Gasteiger partial charge in [0.1, 0.15) is 5.75 Å². The van der Waals surface area contributed by atoms with Crippen LogP contribution in [0.2, 0.25) is 0 Å². The Morgan fingerprint density at radius 1 is 1.22 bits per heavy atom. The summed E-state index contributed by atoms with van der Waals surface area (Å²) in [5.74, 6) is 1.55. The number of ether oxygens (including phenoxy) is 3. The molecule has 0 spiro atoms. The van der Waals surface area contributed by atoms with Gasteiger partial charge in [0.25, 0.3) is 5.69 Å². The number of hydrogen-bond acceptors (Lipinski definition) is 7. The summed E-state index contributed by atoms with van der Waals surface area (Å²) in [7, 11) is 1.43. The molecule has 0 saturated carbocycles. The van der Waals surface area contributed by atoms with Crippen molar-refractivity contribution in [1.29, 1.82) is 0 Å². The van der Waals surface area contributed by atoms with E-state index >= 15 is 0 Å². The number of anilines is 1. The summed E-state index contributed by atoms with van der Waals surface area (Å²) < 4.78 is 16.4. The Kier molecular flexibility index (Phi) is 6.02. The minimum Gasteiger partial charge on any atom is -0.495 e. The summed E-state index contributed by atoms with van der Waals surface area (Å²) in [5, 5.41) is 13.6. The van der Waals surface area contributed by atoms with E-state index in [1.165, 1.54) is 37.1 Å². The van der Waals surface area contributed by atoms with Gasteiger partial charge in [0.05, 0.1) is 36.7 Å². The first-order valence-electron chi connectivity index (χ1n) is 8.21. The third-order valence-corrected chi connectivity index (χ3v) is 4.75. The van der Waals surface area contributed by atoms with Crippen LogP contribution in [-0.2, 0) is 4.79 Å². The molecule has 142 valence electrons. The van der Waals surface area contributed by atoms with Gasteiger partial charge >= 0.3 is 0 Å². The van der Waals surface area contributed by atoms with Crippen LogP contribution in [0.5, 0.6) is 17.2 Å². The SMILES string of the molecule is COc1ccc([N+](=O)[O-])cc1NC(=O)CSc1ccc2c(c1)OCCCO2. The zero-order chi connectivity index (χ0) is 19.2. The highest BCUT2D eigenvalue weighted by atomic mass is 32.2. The molecule has 1 N–H and O–H groups in total. The molecule has 1 aliphatic rings. The number of methoxy groups -OCH3 is 1. The Balaban J connectivity index is 1.64. The fourth-order valence-corrected chi connectivity index (χ4v) is 3.20. The molecular weight excluding hydrogens is 372 g/mol. The second kappa shape index (κ2) is 8.63. The Morgan fingerprint density at radius 3 is 2.74 bits per heavy atom. The molecule has 0 radical (unpaired) electrons. The lowest BCUT2D eigenvalue weighted by Gasteiger charge is -2.11. The molecule has 9 heteroatoms. The summed E-state index contributed by atoms with van der Waals surface area (Å²) in [5.41, 5.74) is 0.137. The van der Waals surface area contributed by atoms with Gasteiger partial charge < -0.3 is 19.5 Å². The molecule has 1 amide bonds. The van der Waals surface area contributed by atoms with Crippen molar-refractivity contribution in [3.63, 3.8) is 0 Å². The highest BCUT2D eigenvalue weighted by Crippen LogP contribution is 2.34. The van der Waals surface area contributed by atoms with Gasteiger partial charge in [-0.05, 0) is 24.3 Å². The molecule has 2 aromatic rings. The summed E-state index contributed by atoms with van der Waals surface area (Å²) in [6, 6.07) is 9.57. The quantitative estimate of drug-likeness (QED) is 0.458. The van der Waals surface area contributed by atoms with Gasteiger partial charge in [0.15, 0.2) is 11.5 Å². The van der Waals surface area contributed by atoms with Gasteiger partial charge in [-0.1, -0.05) is 0 Å². The predicted octanol–water partition coefficient (Wildman–Crippen LogP) is 3.50. The van der Waals surface area contributed by atoms with E-state index in [-0.39, 0.29) is 23.0 Å². The van der Waals surface area contributed by atoms with E-state index in [2.05, 4.69) is 5.32 Å². The van der Waals surface area contributed by atoms with Crippen molar-refractivity contribution < 1.29 is 23.9 Å². The second-order valence-corrected chi connectivity index (χ2v) is 6.69. The number of nitrogens with zero attached hydrogens (tertiary/aromatic N) is 1. The molecule has 0 aromatic heterocycles. The van der Waals surface area contributed by atoms with Crippen molar-refractivity contribution in [3.8, 4) is 17.2 Å². The lowest BCUT2D eigenvalue weighted by atomic mass is 10.2. The number of carbonyl (C=O) groups excluding carboxylic acids is 1. The number of rotatable bonds is 6. The molecule has 0 fully saturated rings. The molecular formula is C18H18N2O6S. The number of nitro benzene ring substituents is 1. The average Bonchev–Trinajstić information content (AvgIpc) is 2.91. The molecule has 0 bridgehead atoms. The van der Waals surface area contributed by atoms with Crippen LogP contribution < -0.4 is 19.5 Å². The minimum atomic E-state index is -0.526. The number of amides is 1. The smallest absolute Gasteiger partial charge is 0.271 e. The molecule has 1 aliphatic heterocycles. The third-order valence-electron chi connectivity index (χ3n) is 3.76. The summed E-state index contributed by atoms with van der Waals surface area (Å²) in [4.78, 5) is 23.5. The molecule has 0 saturated heterocycles. The second-order valence-electron chi connectivity index (χ2n) is 5.64. The first-order valence-corrected chi connectivity index (χ1v) is 9.20. The van der Waals surface area contributed by atoms with Crippen LogP contribution in [0, 0.1) is 10.1 Å². The van der Waals surface area contributed by atoms with E-state index in [1.54, 1.807) is 0 Å². The fourth-order valence-electron chi connectivity index (χ4n) is 2.48. The molecule has 0 aliphatic carbocycles. The number of non-ortho nitro benzene ring substituents is 1. The van der Waals surface area contributed by atoms with Crippen LogP contribution in [-0.4, -0.2) is 36.9 Å². The third kappa shape index (κ3) is 4.82. The van der Waals surface area contributed by atoms with Crippen molar-refractivity contribution in [2.75, 3.05) is 31.4 Å². The average molecular weight is 390 g/mol. The van der Waals surface area contributed by atoms with E-state index in [4.69, 9.17) is 14.2 Å². The Hall–Kier alpha value is -2.94. The maximum absolute atomic E-state index is 12.3. The fraction of sp³-hybridized carbons (Fsp3) is 0.278. The highest BCUT2D eigenvalue weighted by Gasteiger charge is 2.15. The van der Waals surface area contributed by atoms with Gasteiger partial charge in [-0.15, -0.1) is 11.8 Å². The minimum absolute atomic E-state index is 0.123. The van der Waals surface area contributed by atoms with Crippen molar-refractivity contribution >= 4 is 29.0 Å². The maximum atomic E-state index is 12.3. The zero-order valence-electron chi connectivity index (χ0n) is 14.6. The zero-order valence-corrected chi connectivity index (χ0v) is 15.4. The molecule has 1 heterocycles. The number of hydrogen-bond donors (Lipinski definition) is 1. The van der Waals surface area contributed by atoms with Crippen LogP contribution in [0.3, 0.4) is 0 Å². The highest BCUT2D eigenvalue weighted by molar-refractivity contribution is 8.00. The van der Waals surface area contributed by atoms with Gasteiger partial charge in [0.2, 0.25) is 5.91 Å². The van der Waals surface area contributed by atoms with Crippen LogP contribution in [0.25, 0.3) is 0 Å². The van der Waals surface area contributed by atoms with Crippen molar-refractivity contribution in [2.24, 2.45) is 0 Å². The number of nitro groups is 1. The Bertz CT molecular complexity index is 858. The molecule has 27 heavy (non-hydrogen) atoms. The molecule has 0 atom stereocenters. The topological polar surface area (TPSA) is 99.9 Å². The van der Waals surface area contributed by atoms with E-state index in [0.29, 0.717) is 30.5 Å². The van der Waals surface area contributed by atoms with Gasteiger partial charge in [-0.3, -0.25) is 14.9 Å². The number of fused-ring (bicyclic) bond motifs is 1. The van der Waals surface area contributed by atoms with Gasteiger partial charge in [0, 0.05) is 23.4 Å². The van der Waals surface area contributed by atoms with Crippen LogP contribution in [0.1, 0.15) is 6.42 Å². The van der Waals surface area contributed by atoms with Crippen LogP contribution in [0.15, 0.2) is 41.3 Å². The monoisotopic (exact) mass is 390 g/mol. The number of nitrogens with one attached hydrogen (secondary N) is 1. The summed E-state index contributed by atoms with van der Waals surface area (Å²) >= 11 is 1.33. The summed E-state index contributed by atoms with van der Waals surface area (Å²) in [6.45, 7) is 1.21. The predicted molar refractivity (Wildman–Crippen MR) is 101 cm³/mol. The maximum Gasteiger partial charge on any atom is 0.271 e. The molecule has 2 aromatic carbocycles. The first kappa shape index (κ1) is 18.8. The molecule has 3 rings (SSSR count). The standard InChI is InChI=1S/C18H18N2O6S/c1-24-15-5-3-12(20(22)23)9-14(15)19-18(21)11-27-13-4-6-16-17(10-13)26-8-2-7-25-16/h3-6,9-10H,2,7-8,11H2,1H3,(H,19,21). The number of thioether (sulfide) groups is 1. The van der Waals surface area contributed by atoms with Crippen LogP contribution in [0.4, 0.5) is 11.4 Å². The molecule has 8 nitrogen and oxygen atoms in total. The van der Waals surface area contributed by atoms with E-state index in [0.717, 1.165) is 11.3 Å². The van der Waals surface area contributed by atoms with Crippen molar-refractivity contribution in [2.45, 2.75) is 11.3 Å². The van der Waals surface area contributed by atoms with Gasteiger partial charge in [-0.25, -0.2) is 0 Å². The normalized spacial score (nSPS) is 12.8. The van der Waals surface area contributed by atoms with E-state index in [1.807, 2.05) is 18.2 Å². The van der Waals surface area contributed by atoms with Crippen molar-refractivity contribution in [1.82, 2.24) is 0 Å². The largest absolute Gasteiger partial charge is 0.495 e. The summed E-state index contributed by atoms with van der Waals surface area (Å²) in [6.07, 6.45) is 0.824. The number of carbonyl (C=O) groups is 1.